The normalized spacial score (nSPS) is 15.3. The standard InChI is InChI=1S/C44H49N9O5.2ClH/c45-40(46)29-15-20-36-37(25-29)51-41(50-36)38(26-39(54)49-30-11-5-2-6-12-30)53(42(55)34-13-7-8-14-35(34)43(56)57)31-16-18-32(19-17-31)58-33-21-23-52(24-22-33)44(47)48-27-28-9-3-1-4-10-28;;/h1,3-4,7-10,13-20,25,30,33,38H,2,5-6,11-12,21-24,26-27H2,(H3,45,46)(H2,47,48)(H,49,54)(H,50,51)(H,56,57);2*1H. The summed E-state index contributed by atoms with van der Waals surface area (Å²) >= 11 is 0. The monoisotopic (exact) mass is 855 g/mol. The summed E-state index contributed by atoms with van der Waals surface area (Å²) in [5, 5.41) is 21.2. The van der Waals surface area contributed by atoms with Crippen molar-refractivity contribution in [3.8, 4) is 5.75 Å². The lowest BCUT2D eigenvalue weighted by atomic mass is 9.95. The lowest BCUT2D eigenvalue weighted by molar-refractivity contribution is -0.122. The summed E-state index contributed by atoms with van der Waals surface area (Å²) in [5.41, 5.74) is 15.0. The van der Waals surface area contributed by atoms with Gasteiger partial charge in [-0.05, 0) is 73.0 Å². The van der Waals surface area contributed by atoms with Gasteiger partial charge in [-0.1, -0.05) is 61.7 Å². The molecule has 14 nitrogen and oxygen atoms in total. The molecule has 1 saturated carbocycles. The highest BCUT2D eigenvalue weighted by Crippen LogP contribution is 2.34. The van der Waals surface area contributed by atoms with Crippen LogP contribution in [-0.4, -0.2) is 74.8 Å². The molecule has 7 rings (SSSR count). The number of H-pyrrole nitrogens is 1. The van der Waals surface area contributed by atoms with Crippen molar-refractivity contribution >= 4 is 71.1 Å². The lowest BCUT2D eigenvalue weighted by Crippen LogP contribution is -2.45. The van der Waals surface area contributed by atoms with Crippen molar-refractivity contribution in [3.05, 3.63) is 125 Å². The number of piperidine rings is 1. The predicted molar refractivity (Wildman–Crippen MR) is 238 cm³/mol. The van der Waals surface area contributed by atoms with Crippen molar-refractivity contribution in [1.29, 1.82) is 5.41 Å². The van der Waals surface area contributed by atoms with E-state index in [0.29, 0.717) is 59.5 Å². The number of aromatic nitrogens is 2. The van der Waals surface area contributed by atoms with E-state index >= 15 is 0 Å². The number of halogens is 2. The van der Waals surface area contributed by atoms with Gasteiger partial charge in [0.05, 0.1) is 35.1 Å². The molecular weight excluding hydrogens is 805 g/mol. The summed E-state index contributed by atoms with van der Waals surface area (Å²) in [7, 11) is 0. The van der Waals surface area contributed by atoms with Crippen LogP contribution in [0.4, 0.5) is 5.69 Å². The van der Waals surface area contributed by atoms with Crippen LogP contribution < -0.4 is 26.4 Å². The number of carboxylic acids is 1. The average molecular weight is 857 g/mol. The number of aromatic carboxylic acids is 1. The highest BCUT2D eigenvalue weighted by atomic mass is 35.5. The molecule has 0 spiro atoms. The molecule has 1 atom stereocenters. The summed E-state index contributed by atoms with van der Waals surface area (Å²) in [5.74, 6) is -0.843. The van der Waals surface area contributed by atoms with Crippen LogP contribution in [0.2, 0.25) is 0 Å². The Labute approximate surface area is 361 Å². The zero-order valence-electron chi connectivity index (χ0n) is 33.1. The number of carbonyl (C=O) groups excluding carboxylic acids is 2. The number of likely N-dealkylation sites (tertiary alicyclic amines) is 1. The molecule has 1 aromatic heterocycles. The van der Waals surface area contributed by atoms with E-state index in [9.17, 15) is 19.5 Å². The van der Waals surface area contributed by atoms with Gasteiger partial charge in [0.15, 0.2) is 5.96 Å². The van der Waals surface area contributed by atoms with Gasteiger partial charge in [-0.3, -0.25) is 19.9 Å². The Kier molecular flexibility index (Phi) is 15.5. The van der Waals surface area contributed by atoms with Crippen molar-refractivity contribution in [2.75, 3.05) is 18.0 Å². The van der Waals surface area contributed by atoms with Gasteiger partial charge in [0, 0.05) is 43.2 Å². The second-order valence-corrected chi connectivity index (χ2v) is 14.9. The second kappa shape index (κ2) is 20.7. The fourth-order valence-electron chi connectivity index (χ4n) is 7.73. The Bertz CT molecular complexity index is 2290. The van der Waals surface area contributed by atoms with Gasteiger partial charge in [0.1, 0.15) is 29.6 Å². The number of aromatic amines is 1. The van der Waals surface area contributed by atoms with Crippen LogP contribution in [0.3, 0.4) is 0 Å². The van der Waals surface area contributed by atoms with Crippen molar-refractivity contribution < 1.29 is 24.2 Å². The highest BCUT2D eigenvalue weighted by molar-refractivity contribution is 6.12. The molecule has 8 N–H and O–H groups in total. The van der Waals surface area contributed by atoms with Gasteiger partial charge in [0.2, 0.25) is 5.91 Å². The minimum Gasteiger partial charge on any atom is -0.490 e. The zero-order valence-corrected chi connectivity index (χ0v) is 34.7. The van der Waals surface area contributed by atoms with Crippen molar-refractivity contribution in [2.24, 2.45) is 16.5 Å². The van der Waals surface area contributed by atoms with Crippen LogP contribution in [0.5, 0.6) is 5.75 Å². The quantitative estimate of drug-likeness (QED) is 0.0532. The minimum atomic E-state index is -1.25. The van der Waals surface area contributed by atoms with Crippen molar-refractivity contribution in [3.63, 3.8) is 0 Å². The first-order valence-electron chi connectivity index (χ1n) is 19.8. The number of ether oxygens (including phenoxy) is 1. The van der Waals surface area contributed by atoms with E-state index in [1.54, 1.807) is 54.6 Å². The molecule has 0 radical (unpaired) electrons. The second-order valence-electron chi connectivity index (χ2n) is 14.9. The number of carbonyl (C=O) groups is 3. The molecule has 4 aromatic carbocycles. The molecule has 2 aliphatic rings. The van der Waals surface area contributed by atoms with Gasteiger partial charge in [-0.15, -0.1) is 24.8 Å². The fourth-order valence-corrected chi connectivity index (χ4v) is 7.73. The van der Waals surface area contributed by atoms with E-state index in [0.717, 1.165) is 50.5 Å². The first-order chi connectivity index (χ1) is 28.1. The Morgan fingerprint density at radius 2 is 1.57 bits per heavy atom. The molecule has 1 aliphatic heterocycles. The number of rotatable bonds is 13. The van der Waals surface area contributed by atoms with Crippen LogP contribution in [0, 0.1) is 5.41 Å². The number of anilines is 1. The predicted octanol–water partition coefficient (Wildman–Crippen LogP) is 6.97. The molecule has 2 fully saturated rings. The third-order valence-electron chi connectivity index (χ3n) is 10.8. The van der Waals surface area contributed by atoms with Gasteiger partial charge in [-0.2, -0.15) is 0 Å². The molecule has 1 aliphatic carbocycles. The Morgan fingerprint density at radius 3 is 2.23 bits per heavy atom. The van der Waals surface area contributed by atoms with E-state index in [1.807, 2.05) is 30.3 Å². The number of nitrogens with zero attached hydrogens (tertiary/aromatic N) is 4. The van der Waals surface area contributed by atoms with E-state index in [2.05, 4.69) is 20.2 Å². The van der Waals surface area contributed by atoms with Crippen LogP contribution in [0.25, 0.3) is 11.0 Å². The number of fused-ring (bicyclic) bond motifs is 1. The Morgan fingerprint density at radius 1 is 0.900 bits per heavy atom. The number of hydrogen-bond donors (Lipinski definition) is 6. The molecule has 2 heterocycles. The molecule has 1 unspecified atom stereocenters. The third-order valence-corrected chi connectivity index (χ3v) is 10.8. The largest absolute Gasteiger partial charge is 0.490 e. The summed E-state index contributed by atoms with van der Waals surface area (Å²) < 4.78 is 6.41. The maximum Gasteiger partial charge on any atom is 0.336 e. The number of nitrogen functional groups attached to an aromatic ring is 1. The molecule has 60 heavy (non-hydrogen) atoms. The SMILES string of the molecule is Cl.Cl.N=C(N)c1ccc2[nH]c(C(CC(=O)NC3CCCCC3)N(C(=O)c3ccccc3C(=O)O)c3ccc(OC4CCN(C(N)=NCc5ccccc5)CC4)cc3)nc2c1. The number of hydrogen-bond acceptors (Lipinski definition) is 7. The highest BCUT2D eigenvalue weighted by Gasteiger charge is 2.34. The summed E-state index contributed by atoms with van der Waals surface area (Å²) in [6, 6.07) is 27.2. The molecule has 16 heteroatoms. The first-order valence-corrected chi connectivity index (χ1v) is 19.8. The average Bonchev–Trinajstić information content (AvgIpc) is 3.68. The van der Waals surface area contributed by atoms with Gasteiger partial charge < -0.3 is 36.5 Å². The molecule has 0 bridgehead atoms. The summed E-state index contributed by atoms with van der Waals surface area (Å²) in [4.78, 5) is 57.3. The maximum atomic E-state index is 14.8. The van der Waals surface area contributed by atoms with Crippen molar-refractivity contribution in [2.45, 2.75) is 76.1 Å². The molecule has 316 valence electrons. The number of benzene rings is 4. The number of amidine groups is 1. The van der Waals surface area contributed by atoms with Crippen LogP contribution >= 0.6 is 24.8 Å². The molecule has 2 amide bonds. The number of amides is 2. The molecule has 5 aromatic rings. The number of nitrogens with two attached hydrogens (primary N) is 2. The molecule has 1 saturated heterocycles. The number of guanidine groups is 1. The Balaban J connectivity index is 0.00000341. The van der Waals surface area contributed by atoms with E-state index in [1.165, 1.54) is 17.0 Å². The topological polar surface area (TPSA) is 216 Å². The number of imidazole rings is 1. The van der Waals surface area contributed by atoms with E-state index in [-0.39, 0.29) is 66.3 Å². The van der Waals surface area contributed by atoms with Gasteiger partial charge in [0.25, 0.3) is 5.91 Å². The van der Waals surface area contributed by atoms with Crippen LogP contribution in [0.1, 0.15) is 95.1 Å². The number of aliphatic imine (C=N–C) groups is 1. The smallest absolute Gasteiger partial charge is 0.336 e. The van der Waals surface area contributed by atoms with E-state index in [4.69, 9.17) is 26.6 Å². The van der Waals surface area contributed by atoms with E-state index < -0.39 is 17.9 Å². The number of nitrogens with one attached hydrogen (secondary N) is 3. The maximum absolute atomic E-state index is 14.8. The third kappa shape index (κ3) is 10.9. The van der Waals surface area contributed by atoms with Crippen LogP contribution in [-0.2, 0) is 11.3 Å². The van der Waals surface area contributed by atoms with Crippen LogP contribution in [0.15, 0.2) is 102 Å². The van der Waals surface area contributed by atoms with Crippen molar-refractivity contribution in [1.82, 2.24) is 20.2 Å². The molecular formula is C44H51Cl2N9O5. The summed E-state index contributed by atoms with van der Waals surface area (Å²) in [6.45, 7) is 1.89. The Hall–Kier alpha value is -6.12. The first kappa shape index (κ1) is 45.0. The zero-order chi connectivity index (χ0) is 40.6. The van der Waals surface area contributed by atoms with Gasteiger partial charge >= 0.3 is 5.97 Å². The van der Waals surface area contributed by atoms with Gasteiger partial charge in [-0.25, -0.2) is 14.8 Å². The minimum absolute atomic E-state index is 0. The lowest BCUT2D eigenvalue weighted by Gasteiger charge is -2.33. The summed E-state index contributed by atoms with van der Waals surface area (Å²) in [6.07, 6.45) is 6.15. The fraction of sp³-hybridized carbons (Fsp3) is 0.318. The number of carboxylic acid groups (broad SMARTS) is 1.